The normalized spacial score (nSPS) is 11.8. The predicted molar refractivity (Wildman–Crippen MR) is 102 cm³/mol. The number of para-hydroxylation sites is 1. The maximum atomic E-state index is 5.82. The summed E-state index contributed by atoms with van der Waals surface area (Å²) in [5, 5.41) is 4.18. The van der Waals surface area contributed by atoms with Gasteiger partial charge in [0.25, 0.3) is 0 Å². The Morgan fingerprint density at radius 1 is 0.577 bits per heavy atom. The van der Waals surface area contributed by atoms with E-state index in [0.717, 1.165) is 43.8 Å². The molecule has 0 atom stereocenters. The van der Waals surface area contributed by atoms with E-state index in [-0.39, 0.29) is 0 Å². The van der Waals surface area contributed by atoms with Crippen molar-refractivity contribution in [2.45, 2.75) is 0 Å². The highest BCUT2D eigenvalue weighted by atomic mass is 16.3. The van der Waals surface area contributed by atoms with Crippen molar-refractivity contribution in [3.8, 4) is 11.1 Å². The van der Waals surface area contributed by atoms with Crippen molar-refractivity contribution < 1.29 is 8.83 Å². The summed E-state index contributed by atoms with van der Waals surface area (Å²) in [4.78, 5) is 8.82. The molecule has 4 nitrogen and oxygen atoms in total. The summed E-state index contributed by atoms with van der Waals surface area (Å²) in [6, 6.07) is 20.3. The van der Waals surface area contributed by atoms with E-state index in [9.17, 15) is 0 Å². The Kier molecular flexibility index (Phi) is 2.58. The number of aromatic nitrogens is 2. The zero-order valence-corrected chi connectivity index (χ0v) is 13.6. The zero-order valence-electron chi connectivity index (χ0n) is 13.6. The Morgan fingerprint density at radius 3 is 2.31 bits per heavy atom. The minimum absolute atomic E-state index is 0.661. The molecule has 0 fully saturated rings. The van der Waals surface area contributed by atoms with Gasteiger partial charge in [-0.05, 0) is 42.0 Å². The second-order valence-corrected chi connectivity index (χ2v) is 6.34. The number of rotatable bonds is 1. The van der Waals surface area contributed by atoms with Gasteiger partial charge in [-0.3, -0.25) is 0 Å². The predicted octanol–water partition coefficient (Wildman–Crippen LogP) is 5.94. The number of benzene rings is 2. The average Bonchev–Trinajstić information content (AvgIpc) is 3.25. The molecule has 0 radical (unpaired) electrons. The molecule has 6 aromatic rings. The molecule has 0 spiro atoms. The first kappa shape index (κ1) is 13.6. The Labute approximate surface area is 147 Å². The van der Waals surface area contributed by atoms with Crippen LogP contribution in [0.4, 0.5) is 0 Å². The van der Waals surface area contributed by atoms with Crippen molar-refractivity contribution in [2.24, 2.45) is 0 Å². The van der Waals surface area contributed by atoms with Gasteiger partial charge in [-0.15, -0.1) is 0 Å². The molecule has 122 valence electrons. The van der Waals surface area contributed by atoms with Gasteiger partial charge >= 0.3 is 0 Å². The van der Waals surface area contributed by atoms with Crippen LogP contribution in [0.5, 0.6) is 0 Å². The summed E-state index contributed by atoms with van der Waals surface area (Å²) in [5.74, 6) is 0. The molecule has 2 aromatic carbocycles. The van der Waals surface area contributed by atoms with Crippen LogP contribution in [0.2, 0.25) is 0 Å². The Hall–Kier alpha value is -3.66. The lowest BCUT2D eigenvalue weighted by Crippen LogP contribution is -1.81. The highest BCUT2D eigenvalue weighted by molar-refractivity contribution is 6.07. The van der Waals surface area contributed by atoms with Gasteiger partial charge in [0, 0.05) is 39.5 Å². The second kappa shape index (κ2) is 4.92. The fourth-order valence-electron chi connectivity index (χ4n) is 3.56. The summed E-state index contributed by atoms with van der Waals surface area (Å²) in [5.41, 5.74) is 5.15. The van der Waals surface area contributed by atoms with Crippen molar-refractivity contribution >= 4 is 44.1 Å². The molecule has 0 aliphatic carbocycles. The maximum Gasteiger partial charge on any atom is 0.227 e. The highest BCUT2D eigenvalue weighted by Crippen LogP contribution is 2.34. The number of hydrogen-bond donors (Lipinski definition) is 0. The molecule has 4 heteroatoms. The lowest BCUT2D eigenvalue weighted by atomic mass is 10.0. The van der Waals surface area contributed by atoms with E-state index in [2.05, 4.69) is 34.2 Å². The molecule has 6 rings (SSSR count). The van der Waals surface area contributed by atoms with Gasteiger partial charge in [0.15, 0.2) is 0 Å². The fraction of sp³-hybridized carbons (Fsp3) is 0. The molecule has 0 bridgehead atoms. The van der Waals surface area contributed by atoms with Crippen LogP contribution >= 0.6 is 0 Å². The third-order valence-electron chi connectivity index (χ3n) is 4.82. The molecule has 0 unspecified atom stereocenters. The van der Waals surface area contributed by atoms with Crippen LogP contribution in [0.25, 0.3) is 55.3 Å². The lowest BCUT2D eigenvalue weighted by molar-refractivity contribution is 0.653. The van der Waals surface area contributed by atoms with Crippen molar-refractivity contribution in [3.63, 3.8) is 0 Å². The highest BCUT2D eigenvalue weighted by Gasteiger charge is 2.12. The van der Waals surface area contributed by atoms with Gasteiger partial charge in [-0.2, -0.15) is 0 Å². The van der Waals surface area contributed by atoms with Crippen molar-refractivity contribution in [2.75, 3.05) is 0 Å². The first-order valence-electron chi connectivity index (χ1n) is 8.42. The third kappa shape index (κ3) is 1.84. The SMILES string of the molecule is c1ccc2c(c1)oc1ncc(-c3ccc4oc5ncccc5c4c3)cc12. The van der Waals surface area contributed by atoms with E-state index < -0.39 is 0 Å². The van der Waals surface area contributed by atoms with Crippen LogP contribution in [-0.4, -0.2) is 9.97 Å². The Morgan fingerprint density at radius 2 is 1.35 bits per heavy atom. The molecular weight excluding hydrogens is 324 g/mol. The molecular formula is C22H12N2O2. The summed E-state index contributed by atoms with van der Waals surface area (Å²) in [6.45, 7) is 0. The standard InChI is InChI=1S/C22H12N2O2/c1-2-6-19-15(4-1)18-11-14(12-24-22(18)25-19)13-7-8-20-17(10-13)16-5-3-9-23-21(16)26-20/h1-12H. The fourth-order valence-corrected chi connectivity index (χ4v) is 3.56. The first-order valence-corrected chi connectivity index (χ1v) is 8.42. The van der Waals surface area contributed by atoms with Gasteiger partial charge in [-0.25, -0.2) is 9.97 Å². The van der Waals surface area contributed by atoms with Gasteiger partial charge in [-0.1, -0.05) is 24.3 Å². The number of pyridine rings is 2. The second-order valence-electron chi connectivity index (χ2n) is 6.34. The van der Waals surface area contributed by atoms with Crippen LogP contribution in [0.1, 0.15) is 0 Å². The zero-order chi connectivity index (χ0) is 17.1. The largest absolute Gasteiger partial charge is 0.438 e. The van der Waals surface area contributed by atoms with Gasteiger partial charge in [0.05, 0.1) is 0 Å². The van der Waals surface area contributed by atoms with Crippen LogP contribution in [0, 0.1) is 0 Å². The topological polar surface area (TPSA) is 52.1 Å². The Bertz CT molecular complexity index is 1330. The van der Waals surface area contributed by atoms with Crippen molar-refractivity contribution in [1.29, 1.82) is 0 Å². The monoisotopic (exact) mass is 336 g/mol. The van der Waals surface area contributed by atoms with E-state index in [1.165, 1.54) is 0 Å². The van der Waals surface area contributed by atoms with Crippen LogP contribution < -0.4 is 0 Å². The number of fused-ring (bicyclic) bond motifs is 6. The molecule has 0 aliphatic rings. The first-order chi connectivity index (χ1) is 12.9. The maximum absolute atomic E-state index is 5.82. The molecule has 0 N–H and O–H groups in total. The summed E-state index contributed by atoms with van der Waals surface area (Å²) in [6.07, 6.45) is 3.60. The van der Waals surface area contributed by atoms with Crippen molar-refractivity contribution in [3.05, 3.63) is 73.1 Å². The smallest absolute Gasteiger partial charge is 0.227 e. The van der Waals surface area contributed by atoms with E-state index >= 15 is 0 Å². The van der Waals surface area contributed by atoms with E-state index in [4.69, 9.17) is 8.83 Å². The van der Waals surface area contributed by atoms with Gasteiger partial charge < -0.3 is 8.83 Å². The Balaban J connectivity index is 1.61. The molecule has 0 saturated heterocycles. The number of hydrogen-bond acceptors (Lipinski definition) is 4. The molecule has 26 heavy (non-hydrogen) atoms. The minimum atomic E-state index is 0.661. The van der Waals surface area contributed by atoms with E-state index in [1.54, 1.807) is 6.20 Å². The molecule has 4 heterocycles. The van der Waals surface area contributed by atoms with E-state index in [1.807, 2.05) is 42.6 Å². The van der Waals surface area contributed by atoms with Crippen LogP contribution in [-0.2, 0) is 0 Å². The van der Waals surface area contributed by atoms with Crippen LogP contribution in [0.15, 0.2) is 81.9 Å². The number of furan rings is 2. The lowest BCUT2D eigenvalue weighted by Gasteiger charge is -2.01. The summed E-state index contributed by atoms with van der Waals surface area (Å²) >= 11 is 0. The molecule has 0 amide bonds. The van der Waals surface area contributed by atoms with E-state index in [0.29, 0.717) is 11.4 Å². The minimum Gasteiger partial charge on any atom is -0.438 e. The third-order valence-corrected chi connectivity index (χ3v) is 4.82. The molecule has 0 aliphatic heterocycles. The van der Waals surface area contributed by atoms with Crippen molar-refractivity contribution in [1.82, 2.24) is 9.97 Å². The number of nitrogens with zero attached hydrogens (tertiary/aromatic N) is 2. The van der Waals surface area contributed by atoms with Gasteiger partial charge in [0.1, 0.15) is 11.2 Å². The summed E-state index contributed by atoms with van der Waals surface area (Å²) in [7, 11) is 0. The quantitative estimate of drug-likeness (QED) is 0.373. The van der Waals surface area contributed by atoms with Gasteiger partial charge in [0.2, 0.25) is 11.4 Å². The molecule has 4 aromatic heterocycles. The van der Waals surface area contributed by atoms with Crippen LogP contribution in [0.3, 0.4) is 0 Å². The average molecular weight is 336 g/mol. The molecule has 0 saturated carbocycles. The summed E-state index contributed by atoms with van der Waals surface area (Å²) < 4.78 is 11.6.